The van der Waals surface area contributed by atoms with Crippen LogP contribution in [0.4, 0.5) is 5.69 Å². The van der Waals surface area contributed by atoms with E-state index in [-0.39, 0.29) is 6.42 Å². The molecule has 4 heteroatoms. The van der Waals surface area contributed by atoms with Gasteiger partial charge in [0.2, 0.25) is 0 Å². The van der Waals surface area contributed by atoms with Crippen LogP contribution in [0.2, 0.25) is 0 Å². The van der Waals surface area contributed by atoms with Gasteiger partial charge in [-0.3, -0.25) is 9.69 Å². The van der Waals surface area contributed by atoms with Gasteiger partial charge in [-0.1, -0.05) is 12.1 Å². The lowest BCUT2D eigenvalue weighted by atomic mass is 10.1. The molecule has 116 valence electrons. The Morgan fingerprint density at radius 1 is 1.14 bits per heavy atom. The van der Waals surface area contributed by atoms with Crippen LogP contribution in [0, 0.1) is 0 Å². The summed E-state index contributed by atoms with van der Waals surface area (Å²) in [6, 6.07) is 9.23. The highest BCUT2D eigenvalue weighted by Crippen LogP contribution is 2.19. The summed E-state index contributed by atoms with van der Waals surface area (Å²) < 4.78 is 0. The van der Waals surface area contributed by atoms with Crippen molar-refractivity contribution in [2.75, 3.05) is 31.1 Å². The van der Waals surface area contributed by atoms with Crippen LogP contribution in [0.5, 0.6) is 0 Å². The van der Waals surface area contributed by atoms with Crippen molar-refractivity contribution in [3.05, 3.63) is 29.8 Å². The fourth-order valence-electron chi connectivity index (χ4n) is 2.81. The number of aryl methyl sites for hydroxylation is 1. The summed E-state index contributed by atoms with van der Waals surface area (Å²) in [4.78, 5) is 15.5. The van der Waals surface area contributed by atoms with E-state index in [1.807, 2.05) is 0 Å². The summed E-state index contributed by atoms with van der Waals surface area (Å²) in [7, 11) is 0. The summed E-state index contributed by atoms with van der Waals surface area (Å²) in [6.45, 7) is 8.91. The molecule has 1 heterocycles. The summed E-state index contributed by atoms with van der Waals surface area (Å²) in [6.07, 6.45) is 1.80. The van der Waals surface area contributed by atoms with Crippen molar-refractivity contribution in [2.45, 2.75) is 39.2 Å². The third-order valence-corrected chi connectivity index (χ3v) is 4.20. The molecule has 1 saturated heterocycles. The van der Waals surface area contributed by atoms with Gasteiger partial charge in [0.25, 0.3) is 0 Å². The molecule has 0 spiro atoms. The number of rotatable bonds is 6. The topological polar surface area (TPSA) is 43.8 Å². The van der Waals surface area contributed by atoms with Gasteiger partial charge in [0, 0.05) is 44.3 Å². The van der Waals surface area contributed by atoms with Gasteiger partial charge in [0.05, 0.1) is 0 Å². The van der Waals surface area contributed by atoms with E-state index < -0.39 is 5.97 Å². The van der Waals surface area contributed by atoms with E-state index in [2.05, 4.69) is 47.9 Å². The molecule has 0 unspecified atom stereocenters. The summed E-state index contributed by atoms with van der Waals surface area (Å²) in [5.41, 5.74) is 2.50. The second kappa shape index (κ2) is 7.46. The first-order valence-corrected chi connectivity index (χ1v) is 7.86. The van der Waals surface area contributed by atoms with Crippen molar-refractivity contribution in [2.24, 2.45) is 0 Å². The van der Waals surface area contributed by atoms with Crippen LogP contribution >= 0.6 is 0 Å². The minimum absolute atomic E-state index is 0.249. The van der Waals surface area contributed by atoms with E-state index >= 15 is 0 Å². The fourth-order valence-corrected chi connectivity index (χ4v) is 2.81. The Morgan fingerprint density at radius 3 is 2.29 bits per heavy atom. The minimum atomic E-state index is -0.713. The second-order valence-electron chi connectivity index (χ2n) is 6.03. The number of nitrogens with zero attached hydrogens (tertiary/aromatic N) is 2. The minimum Gasteiger partial charge on any atom is -0.481 e. The van der Waals surface area contributed by atoms with Crippen LogP contribution in [-0.4, -0.2) is 48.2 Å². The third-order valence-electron chi connectivity index (χ3n) is 4.20. The van der Waals surface area contributed by atoms with E-state index in [9.17, 15) is 4.79 Å². The normalized spacial score (nSPS) is 16.4. The van der Waals surface area contributed by atoms with E-state index in [4.69, 9.17) is 5.11 Å². The largest absolute Gasteiger partial charge is 0.481 e. The lowest BCUT2D eigenvalue weighted by molar-refractivity contribution is -0.137. The van der Waals surface area contributed by atoms with Crippen molar-refractivity contribution in [3.63, 3.8) is 0 Å². The molecule has 21 heavy (non-hydrogen) atoms. The number of piperazine rings is 1. The molecular formula is C17H26N2O2. The summed E-state index contributed by atoms with van der Waals surface area (Å²) in [5.74, 6) is -0.713. The number of benzene rings is 1. The van der Waals surface area contributed by atoms with Gasteiger partial charge in [-0.2, -0.15) is 0 Å². The molecular weight excluding hydrogens is 264 g/mol. The molecule has 1 fully saturated rings. The molecule has 0 bridgehead atoms. The number of carbonyl (C=O) groups is 1. The molecule has 1 aromatic carbocycles. The van der Waals surface area contributed by atoms with Crippen molar-refractivity contribution < 1.29 is 9.90 Å². The smallest absolute Gasteiger partial charge is 0.303 e. The number of carboxylic acid groups (broad SMARTS) is 1. The highest BCUT2D eigenvalue weighted by atomic mass is 16.4. The number of carboxylic acids is 1. The van der Waals surface area contributed by atoms with Crippen LogP contribution in [-0.2, 0) is 11.2 Å². The Balaban J connectivity index is 1.84. The van der Waals surface area contributed by atoms with Crippen LogP contribution in [0.3, 0.4) is 0 Å². The Morgan fingerprint density at radius 2 is 1.76 bits per heavy atom. The number of anilines is 1. The van der Waals surface area contributed by atoms with Crippen LogP contribution in [0.25, 0.3) is 0 Å². The predicted molar refractivity (Wildman–Crippen MR) is 85.9 cm³/mol. The van der Waals surface area contributed by atoms with Crippen molar-refractivity contribution in [1.82, 2.24) is 4.90 Å². The second-order valence-corrected chi connectivity index (χ2v) is 6.03. The Labute approximate surface area is 127 Å². The molecule has 1 aliphatic heterocycles. The molecule has 0 radical (unpaired) electrons. The quantitative estimate of drug-likeness (QED) is 0.874. The van der Waals surface area contributed by atoms with E-state index in [0.717, 1.165) is 32.6 Å². The van der Waals surface area contributed by atoms with E-state index in [1.54, 1.807) is 0 Å². The lowest BCUT2D eigenvalue weighted by Gasteiger charge is -2.38. The third kappa shape index (κ3) is 4.74. The van der Waals surface area contributed by atoms with Gasteiger partial charge in [0.15, 0.2) is 0 Å². The summed E-state index contributed by atoms with van der Waals surface area (Å²) >= 11 is 0. The molecule has 1 N–H and O–H groups in total. The molecule has 0 aromatic heterocycles. The first kappa shape index (κ1) is 15.8. The van der Waals surface area contributed by atoms with Gasteiger partial charge >= 0.3 is 5.97 Å². The predicted octanol–water partition coefficient (Wildman–Crippen LogP) is 2.62. The van der Waals surface area contributed by atoms with Crippen molar-refractivity contribution in [3.8, 4) is 0 Å². The Hall–Kier alpha value is -1.55. The Kier molecular flexibility index (Phi) is 5.62. The lowest BCUT2D eigenvalue weighted by Crippen LogP contribution is -2.48. The average molecular weight is 290 g/mol. The first-order chi connectivity index (χ1) is 10.1. The highest BCUT2D eigenvalue weighted by molar-refractivity contribution is 5.66. The zero-order chi connectivity index (χ0) is 15.2. The van der Waals surface area contributed by atoms with Crippen LogP contribution in [0.1, 0.15) is 32.3 Å². The van der Waals surface area contributed by atoms with Crippen LogP contribution < -0.4 is 4.90 Å². The molecule has 0 amide bonds. The molecule has 0 saturated carbocycles. The van der Waals surface area contributed by atoms with Gasteiger partial charge in [0.1, 0.15) is 0 Å². The highest BCUT2D eigenvalue weighted by Gasteiger charge is 2.18. The molecule has 0 aliphatic carbocycles. The molecule has 1 aliphatic rings. The van der Waals surface area contributed by atoms with Gasteiger partial charge in [-0.15, -0.1) is 0 Å². The Bertz CT molecular complexity index is 448. The van der Waals surface area contributed by atoms with Gasteiger partial charge in [-0.25, -0.2) is 0 Å². The average Bonchev–Trinajstić information content (AvgIpc) is 2.48. The maximum atomic E-state index is 10.5. The zero-order valence-electron chi connectivity index (χ0n) is 13.1. The number of hydrogen-bond acceptors (Lipinski definition) is 3. The molecule has 4 nitrogen and oxygen atoms in total. The number of hydrogen-bond donors (Lipinski definition) is 1. The molecule has 0 atom stereocenters. The standard InChI is InChI=1S/C17H26N2O2/c1-14(2)18-10-12-19(13-11-18)16-8-6-15(7-9-16)4-3-5-17(20)21/h6-9,14H,3-5,10-13H2,1-2H3,(H,20,21). The first-order valence-electron chi connectivity index (χ1n) is 7.86. The van der Waals surface area contributed by atoms with E-state index in [1.165, 1.54) is 11.3 Å². The molecule has 1 aromatic rings. The fraction of sp³-hybridized carbons (Fsp3) is 0.588. The molecule has 2 rings (SSSR count). The maximum Gasteiger partial charge on any atom is 0.303 e. The van der Waals surface area contributed by atoms with Gasteiger partial charge in [-0.05, 0) is 44.4 Å². The SMILES string of the molecule is CC(C)N1CCN(c2ccc(CCCC(=O)O)cc2)CC1. The van der Waals surface area contributed by atoms with Crippen LogP contribution in [0.15, 0.2) is 24.3 Å². The zero-order valence-corrected chi connectivity index (χ0v) is 13.1. The van der Waals surface area contributed by atoms with Crippen molar-refractivity contribution in [1.29, 1.82) is 0 Å². The van der Waals surface area contributed by atoms with E-state index in [0.29, 0.717) is 12.5 Å². The maximum absolute atomic E-state index is 10.5. The number of aliphatic carboxylic acids is 1. The van der Waals surface area contributed by atoms with Crippen molar-refractivity contribution >= 4 is 11.7 Å². The summed E-state index contributed by atoms with van der Waals surface area (Å²) in [5, 5.41) is 8.66. The van der Waals surface area contributed by atoms with Gasteiger partial charge < -0.3 is 10.0 Å². The monoisotopic (exact) mass is 290 g/mol.